The topological polar surface area (TPSA) is 42.0 Å². The molecule has 0 fully saturated rings. The van der Waals surface area contributed by atoms with Gasteiger partial charge < -0.3 is 5.32 Å². The Kier molecular flexibility index (Phi) is 12.2. The van der Waals surface area contributed by atoms with Crippen LogP contribution in [0.4, 0.5) is 5.69 Å². The number of unbranched alkanes of at least 4 members (excludes halogenated alkanes) is 11. The first-order valence-corrected chi connectivity index (χ1v) is 9.53. The van der Waals surface area contributed by atoms with E-state index in [0.717, 1.165) is 12.1 Å². The summed E-state index contributed by atoms with van der Waals surface area (Å²) in [7, 11) is 0. The Hall–Kier alpha value is -1.38. The Balaban J connectivity index is 1.83. The van der Waals surface area contributed by atoms with Gasteiger partial charge in [0.25, 0.3) is 0 Å². The molecule has 1 amide bonds. The van der Waals surface area contributed by atoms with Crippen molar-refractivity contribution in [3.05, 3.63) is 24.5 Å². The Bertz CT molecular complexity index is 392. The highest BCUT2D eigenvalue weighted by Crippen LogP contribution is 2.13. The summed E-state index contributed by atoms with van der Waals surface area (Å²) in [4.78, 5) is 15.7. The lowest BCUT2D eigenvalue weighted by Gasteiger charge is -2.05. The van der Waals surface area contributed by atoms with Crippen molar-refractivity contribution in [3.63, 3.8) is 0 Å². The van der Waals surface area contributed by atoms with Crippen LogP contribution >= 0.6 is 0 Å². The standard InChI is InChI=1S/C20H34N2O/c1-2-3-4-5-6-7-8-9-10-11-12-13-14-20(23)22-19-15-17-21-18-16-19/h15-18H,2-14H2,1H3,(H,21,22,23). The number of rotatable bonds is 14. The normalized spacial score (nSPS) is 10.7. The van der Waals surface area contributed by atoms with Crippen LogP contribution in [0.25, 0.3) is 0 Å². The van der Waals surface area contributed by atoms with E-state index in [1.54, 1.807) is 12.4 Å². The zero-order valence-corrected chi connectivity index (χ0v) is 14.9. The molecule has 3 nitrogen and oxygen atoms in total. The first-order chi connectivity index (χ1) is 11.3. The van der Waals surface area contributed by atoms with Gasteiger partial charge in [-0.25, -0.2) is 0 Å². The molecule has 0 radical (unpaired) electrons. The van der Waals surface area contributed by atoms with Gasteiger partial charge in [0.2, 0.25) is 5.91 Å². The van der Waals surface area contributed by atoms with Crippen molar-refractivity contribution in [1.29, 1.82) is 0 Å². The van der Waals surface area contributed by atoms with Crippen LogP contribution in [0.5, 0.6) is 0 Å². The second-order valence-corrected chi connectivity index (χ2v) is 6.42. The van der Waals surface area contributed by atoms with Crippen molar-refractivity contribution >= 4 is 11.6 Å². The van der Waals surface area contributed by atoms with Crippen molar-refractivity contribution < 1.29 is 4.79 Å². The van der Waals surface area contributed by atoms with Crippen molar-refractivity contribution in [2.75, 3.05) is 5.32 Å². The van der Waals surface area contributed by atoms with Crippen molar-refractivity contribution in [2.45, 2.75) is 90.4 Å². The highest BCUT2D eigenvalue weighted by Gasteiger charge is 2.01. The van der Waals surface area contributed by atoms with Gasteiger partial charge in [0.05, 0.1) is 0 Å². The number of nitrogens with one attached hydrogen (secondary N) is 1. The minimum atomic E-state index is 0.114. The number of pyridine rings is 1. The van der Waals surface area contributed by atoms with Crippen LogP contribution in [0.15, 0.2) is 24.5 Å². The lowest BCUT2D eigenvalue weighted by Crippen LogP contribution is -2.10. The number of nitrogens with zero attached hydrogens (tertiary/aromatic N) is 1. The third-order valence-electron chi connectivity index (χ3n) is 4.22. The molecule has 3 heteroatoms. The second-order valence-electron chi connectivity index (χ2n) is 6.42. The zero-order valence-electron chi connectivity index (χ0n) is 14.9. The molecule has 1 heterocycles. The molecule has 1 aromatic heterocycles. The van der Waals surface area contributed by atoms with E-state index in [9.17, 15) is 4.79 Å². The summed E-state index contributed by atoms with van der Waals surface area (Å²) >= 11 is 0. The molecule has 0 aliphatic carbocycles. The number of carbonyl (C=O) groups excluding carboxylic acids is 1. The summed E-state index contributed by atoms with van der Waals surface area (Å²) in [6.45, 7) is 2.27. The van der Waals surface area contributed by atoms with Crippen LogP contribution in [0.1, 0.15) is 90.4 Å². The highest BCUT2D eigenvalue weighted by molar-refractivity contribution is 5.90. The van der Waals surface area contributed by atoms with Crippen LogP contribution < -0.4 is 5.32 Å². The maximum Gasteiger partial charge on any atom is 0.224 e. The average Bonchev–Trinajstić information content (AvgIpc) is 2.57. The summed E-state index contributed by atoms with van der Waals surface area (Å²) in [5.41, 5.74) is 0.837. The van der Waals surface area contributed by atoms with E-state index >= 15 is 0 Å². The van der Waals surface area contributed by atoms with E-state index in [1.165, 1.54) is 70.6 Å². The van der Waals surface area contributed by atoms with Crippen LogP contribution in [-0.2, 0) is 4.79 Å². The van der Waals surface area contributed by atoms with Crippen LogP contribution in [0.3, 0.4) is 0 Å². The van der Waals surface area contributed by atoms with Gasteiger partial charge in [-0.15, -0.1) is 0 Å². The molecule has 130 valence electrons. The molecule has 0 spiro atoms. The van der Waals surface area contributed by atoms with Crippen LogP contribution in [0.2, 0.25) is 0 Å². The first-order valence-electron chi connectivity index (χ1n) is 9.53. The monoisotopic (exact) mass is 318 g/mol. The molecule has 0 aliphatic heterocycles. The summed E-state index contributed by atoms with van der Waals surface area (Å²) in [6, 6.07) is 3.64. The lowest BCUT2D eigenvalue weighted by molar-refractivity contribution is -0.116. The Morgan fingerprint density at radius 2 is 1.30 bits per heavy atom. The van der Waals surface area contributed by atoms with Gasteiger partial charge in [-0.3, -0.25) is 9.78 Å². The van der Waals surface area contributed by atoms with E-state index in [4.69, 9.17) is 0 Å². The number of amides is 1. The van der Waals surface area contributed by atoms with Crippen molar-refractivity contribution in [3.8, 4) is 0 Å². The number of aromatic nitrogens is 1. The molecule has 0 unspecified atom stereocenters. The second kappa shape index (κ2) is 14.2. The molecule has 0 aromatic carbocycles. The Morgan fingerprint density at radius 3 is 1.83 bits per heavy atom. The number of carbonyl (C=O) groups is 1. The summed E-state index contributed by atoms with van der Waals surface area (Å²) in [5, 5.41) is 2.90. The molecule has 1 rings (SSSR count). The predicted octanol–water partition coefficient (Wildman–Crippen LogP) is 6.11. The van der Waals surface area contributed by atoms with Gasteiger partial charge in [-0.1, -0.05) is 77.6 Å². The summed E-state index contributed by atoms with van der Waals surface area (Å²) in [6.07, 6.45) is 19.9. The third kappa shape index (κ3) is 11.8. The SMILES string of the molecule is CCCCCCCCCCCCCCC(=O)Nc1ccncc1. The van der Waals surface area contributed by atoms with E-state index in [-0.39, 0.29) is 5.91 Å². The number of hydrogen-bond donors (Lipinski definition) is 1. The molecule has 23 heavy (non-hydrogen) atoms. The summed E-state index contributed by atoms with van der Waals surface area (Å²) < 4.78 is 0. The van der Waals surface area contributed by atoms with E-state index in [2.05, 4.69) is 17.2 Å². The van der Waals surface area contributed by atoms with E-state index in [0.29, 0.717) is 6.42 Å². The summed E-state index contributed by atoms with van der Waals surface area (Å²) in [5.74, 6) is 0.114. The third-order valence-corrected chi connectivity index (χ3v) is 4.22. The number of anilines is 1. The Labute approximate surface area is 142 Å². The van der Waals surface area contributed by atoms with Gasteiger partial charge in [0.1, 0.15) is 0 Å². The van der Waals surface area contributed by atoms with E-state index in [1.807, 2.05) is 12.1 Å². The van der Waals surface area contributed by atoms with Gasteiger partial charge in [-0.2, -0.15) is 0 Å². The molecule has 0 saturated carbocycles. The fourth-order valence-corrected chi connectivity index (χ4v) is 2.79. The molecule has 0 bridgehead atoms. The highest BCUT2D eigenvalue weighted by atomic mass is 16.1. The van der Waals surface area contributed by atoms with Gasteiger partial charge >= 0.3 is 0 Å². The first kappa shape index (κ1) is 19.7. The minimum Gasteiger partial charge on any atom is -0.326 e. The zero-order chi connectivity index (χ0) is 16.6. The molecule has 1 N–H and O–H groups in total. The quantitative estimate of drug-likeness (QED) is 0.420. The molecular formula is C20H34N2O. The van der Waals surface area contributed by atoms with E-state index < -0.39 is 0 Å². The minimum absolute atomic E-state index is 0.114. The molecule has 0 atom stereocenters. The molecule has 1 aromatic rings. The largest absolute Gasteiger partial charge is 0.326 e. The number of hydrogen-bond acceptors (Lipinski definition) is 2. The maximum atomic E-state index is 11.8. The average molecular weight is 319 g/mol. The Morgan fingerprint density at radius 1 is 0.826 bits per heavy atom. The van der Waals surface area contributed by atoms with Crippen molar-refractivity contribution in [2.24, 2.45) is 0 Å². The van der Waals surface area contributed by atoms with Crippen molar-refractivity contribution in [1.82, 2.24) is 4.98 Å². The van der Waals surface area contributed by atoms with Gasteiger partial charge in [0.15, 0.2) is 0 Å². The van der Waals surface area contributed by atoms with Crippen LogP contribution in [-0.4, -0.2) is 10.9 Å². The molecule has 0 aliphatic rings. The molecule has 0 saturated heterocycles. The maximum absolute atomic E-state index is 11.8. The van der Waals surface area contributed by atoms with Gasteiger partial charge in [0, 0.05) is 24.5 Å². The molecular weight excluding hydrogens is 284 g/mol. The smallest absolute Gasteiger partial charge is 0.224 e. The fraction of sp³-hybridized carbons (Fsp3) is 0.700. The van der Waals surface area contributed by atoms with Crippen LogP contribution in [0, 0.1) is 0 Å². The van der Waals surface area contributed by atoms with Gasteiger partial charge in [-0.05, 0) is 18.6 Å². The lowest BCUT2D eigenvalue weighted by atomic mass is 10.0. The predicted molar refractivity (Wildman–Crippen MR) is 98.6 cm³/mol. The fourth-order valence-electron chi connectivity index (χ4n) is 2.79.